The summed E-state index contributed by atoms with van der Waals surface area (Å²) in [6.07, 6.45) is -4.39. The molecule has 4 nitrogen and oxygen atoms in total. The van der Waals surface area contributed by atoms with E-state index in [1.54, 1.807) is 23.1 Å². The second-order valence-corrected chi connectivity index (χ2v) is 7.07. The van der Waals surface area contributed by atoms with Gasteiger partial charge in [0.25, 0.3) is 5.91 Å². The number of methoxy groups -OCH3 is 2. The van der Waals surface area contributed by atoms with Gasteiger partial charge in [0, 0.05) is 12.3 Å². The smallest absolute Gasteiger partial charge is 0.416 e. The van der Waals surface area contributed by atoms with Crippen LogP contribution in [0.25, 0.3) is 0 Å². The fourth-order valence-corrected chi connectivity index (χ4v) is 4.25. The van der Waals surface area contributed by atoms with Gasteiger partial charge in [-0.15, -0.1) is 11.8 Å². The van der Waals surface area contributed by atoms with Crippen LogP contribution in [-0.4, -0.2) is 37.3 Å². The lowest BCUT2D eigenvalue weighted by molar-refractivity contribution is -0.137. The van der Waals surface area contributed by atoms with Crippen LogP contribution in [0.3, 0.4) is 0 Å². The molecule has 1 aliphatic heterocycles. The molecule has 2 aromatic rings. The minimum Gasteiger partial charge on any atom is -0.496 e. The zero-order valence-electron chi connectivity index (χ0n) is 14.7. The highest BCUT2D eigenvalue weighted by molar-refractivity contribution is 7.99. The van der Waals surface area contributed by atoms with Crippen LogP contribution < -0.4 is 9.47 Å². The average molecular weight is 397 g/mol. The van der Waals surface area contributed by atoms with Crippen molar-refractivity contribution in [3.05, 3.63) is 59.2 Å². The Morgan fingerprint density at radius 2 is 1.67 bits per heavy atom. The van der Waals surface area contributed by atoms with Gasteiger partial charge in [-0.1, -0.05) is 18.2 Å². The molecule has 0 radical (unpaired) electrons. The van der Waals surface area contributed by atoms with Gasteiger partial charge in [-0.2, -0.15) is 13.2 Å². The van der Waals surface area contributed by atoms with Crippen molar-refractivity contribution in [2.75, 3.05) is 26.5 Å². The lowest BCUT2D eigenvalue weighted by Crippen LogP contribution is -2.31. The molecular weight excluding hydrogens is 379 g/mol. The maximum absolute atomic E-state index is 13.2. The van der Waals surface area contributed by atoms with Gasteiger partial charge in [0.05, 0.1) is 19.8 Å². The molecule has 1 amide bonds. The van der Waals surface area contributed by atoms with Crippen LogP contribution >= 0.6 is 11.8 Å². The fourth-order valence-electron chi connectivity index (χ4n) is 3.00. The first kappa shape index (κ1) is 19.4. The lowest BCUT2D eigenvalue weighted by Gasteiger charge is -2.26. The zero-order chi connectivity index (χ0) is 19.6. The number of carbonyl (C=O) groups excluding carboxylic acids is 1. The van der Waals surface area contributed by atoms with Crippen molar-refractivity contribution in [2.45, 2.75) is 11.6 Å². The second kappa shape index (κ2) is 7.72. The van der Waals surface area contributed by atoms with Crippen LogP contribution in [0.15, 0.2) is 42.5 Å². The van der Waals surface area contributed by atoms with Crippen molar-refractivity contribution >= 4 is 17.7 Å². The van der Waals surface area contributed by atoms with Crippen molar-refractivity contribution in [1.82, 2.24) is 4.90 Å². The normalized spacial score (nSPS) is 17.1. The van der Waals surface area contributed by atoms with E-state index in [0.29, 0.717) is 34.9 Å². The monoisotopic (exact) mass is 397 g/mol. The minimum absolute atomic E-state index is 0.279. The molecular formula is C19H18F3NO3S. The van der Waals surface area contributed by atoms with Crippen LogP contribution in [0.4, 0.5) is 13.2 Å². The number of halogens is 3. The molecule has 0 saturated carbocycles. The molecule has 0 aliphatic carbocycles. The van der Waals surface area contributed by atoms with E-state index >= 15 is 0 Å². The van der Waals surface area contributed by atoms with Crippen LogP contribution in [0.1, 0.15) is 26.9 Å². The van der Waals surface area contributed by atoms with Crippen molar-refractivity contribution in [3.8, 4) is 11.5 Å². The molecule has 1 heterocycles. The number of rotatable bonds is 4. The quantitative estimate of drug-likeness (QED) is 0.755. The first-order chi connectivity index (χ1) is 12.9. The number of alkyl halides is 3. The van der Waals surface area contributed by atoms with E-state index in [-0.39, 0.29) is 11.3 Å². The summed E-state index contributed by atoms with van der Waals surface area (Å²) in [6.45, 7) is 0.483. The Hall–Kier alpha value is -2.35. The Kier molecular flexibility index (Phi) is 5.55. The molecule has 0 N–H and O–H groups in total. The Labute approximate surface area is 159 Å². The van der Waals surface area contributed by atoms with Gasteiger partial charge in [0.2, 0.25) is 0 Å². The fraction of sp³-hybridized carbons (Fsp3) is 0.316. The van der Waals surface area contributed by atoms with Crippen LogP contribution in [0, 0.1) is 0 Å². The molecule has 0 spiro atoms. The number of ether oxygens (including phenoxy) is 2. The molecule has 1 unspecified atom stereocenters. The molecule has 3 rings (SSSR count). The first-order valence-electron chi connectivity index (χ1n) is 8.17. The molecule has 1 atom stereocenters. The van der Waals surface area contributed by atoms with Crippen LogP contribution in [0.2, 0.25) is 0 Å². The predicted molar refractivity (Wildman–Crippen MR) is 97.2 cm³/mol. The molecule has 0 aromatic heterocycles. The van der Waals surface area contributed by atoms with Crippen LogP contribution in [-0.2, 0) is 6.18 Å². The van der Waals surface area contributed by atoms with E-state index < -0.39 is 11.7 Å². The van der Waals surface area contributed by atoms with Crippen molar-refractivity contribution in [1.29, 1.82) is 0 Å². The van der Waals surface area contributed by atoms with Crippen molar-refractivity contribution in [3.63, 3.8) is 0 Å². The Morgan fingerprint density at radius 3 is 2.19 bits per heavy atom. The molecule has 1 saturated heterocycles. The molecule has 27 heavy (non-hydrogen) atoms. The predicted octanol–water partition coefficient (Wildman–Crippen LogP) is 4.61. The summed E-state index contributed by atoms with van der Waals surface area (Å²) < 4.78 is 49.0. The van der Waals surface area contributed by atoms with Gasteiger partial charge < -0.3 is 14.4 Å². The molecule has 8 heteroatoms. The van der Waals surface area contributed by atoms with E-state index in [0.717, 1.165) is 12.1 Å². The van der Waals surface area contributed by atoms with Gasteiger partial charge in [-0.3, -0.25) is 4.79 Å². The van der Waals surface area contributed by atoms with E-state index in [1.165, 1.54) is 38.1 Å². The minimum atomic E-state index is -4.39. The molecule has 1 aliphatic rings. The number of hydrogen-bond donors (Lipinski definition) is 0. The molecule has 144 valence electrons. The Morgan fingerprint density at radius 1 is 1.07 bits per heavy atom. The molecule has 1 fully saturated rings. The second-order valence-electron chi connectivity index (χ2n) is 5.88. The van der Waals surface area contributed by atoms with Crippen molar-refractivity contribution < 1.29 is 27.4 Å². The SMILES string of the molecule is COc1cccc(OC)c1C(=O)N1CCSC1c1ccc(C(F)(F)F)cc1. The first-order valence-corrected chi connectivity index (χ1v) is 9.22. The third-order valence-electron chi connectivity index (χ3n) is 4.32. The standard InChI is InChI=1S/C19H18F3NO3S/c1-25-14-4-3-5-15(26-2)16(14)17(24)23-10-11-27-18(23)12-6-8-13(9-7-12)19(20,21)22/h3-9,18H,10-11H2,1-2H3. The topological polar surface area (TPSA) is 38.8 Å². The largest absolute Gasteiger partial charge is 0.496 e. The molecule has 2 aromatic carbocycles. The summed E-state index contributed by atoms with van der Waals surface area (Å²) >= 11 is 1.51. The van der Waals surface area contributed by atoms with Crippen LogP contribution in [0.5, 0.6) is 11.5 Å². The number of hydrogen-bond acceptors (Lipinski definition) is 4. The zero-order valence-corrected chi connectivity index (χ0v) is 15.6. The van der Waals surface area contributed by atoms with E-state index in [9.17, 15) is 18.0 Å². The van der Waals surface area contributed by atoms with Gasteiger partial charge in [0.1, 0.15) is 22.4 Å². The van der Waals surface area contributed by atoms with Gasteiger partial charge in [-0.05, 0) is 29.8 Å². The highest BCUT2D eigenvalue weighted by Gasteiger charge is 2.35. The van der Waals surface area contributed by atoms with Gasteiger partial charge in [0.15, 0.2) is 0 Å². The number of carbonyl (C=O) groups is 1. The summed E-state index contributed by atoms with van der Waals surface area (Å²) in [4.78, 5) is 14.8. The lowest BCUT2D eigenvalue weighted by atomic mass is 10.1. The van der Waals surface area contributed by atoms with Crippen molar-refractivity contribution in [2.24, 2.45) is 0 Å². The van der Waals surface area contributed by atoms with E-state index in [1.807, 2.05) is 0 Å². The number of benzene rings is 2. The summed E-state index contributed by atoms with van der Waals surface area (Å²) in [5.41, 5.74) is 0.244. The number of amides is 1. The summed E-state index contributed by atoms with van der Waals surface area (Å²) in [5, 5.41) is -0.366. The number of nitrogens with zero attached hydrogens (tertiary/aromatic N) is 1. The van der Waals surface area contributed by atoms with Gasteiger partial charge in [-0.25, -0.2) is 0 Å². The number of thioether (sulfide) groups is 1. The molecule has 0 bridgehead atoms. The maximum Gasteiger partial charge on any atom is 0.416 e. The summed E-state index contributed by atoms with van der Waals surface area (Å²) in [7, 11) is 2.94. The Bertz CT molecular complexity index is 802. The highest BCUT2D eigenvalue weighted by atomic mass is 32.2. The Balaban J connectivity index is 1.92. The maximum atomic E-state index is 13.2. The van der Waals surface area contributed by atoms with E-state index in [4.69, 9.17) is 9.47 Å². The third-order valence-corrected chi connectivity index (χ3v) is 5.58. The summed E-state index contributed by atoms with van der Waals surface area (Å²) in [6, 6.07) is 10.00. The highest BCUT2D eigenvalue weighted by Crippen LogP contribution is 2.41. The summed E-state index contributed by atoms with van der Waals surface area (Å²) in [5.74, 6) is 1.19. The van der Waals surface area contributed by atoms with Gasteiger partial charge >= 0.3 is 6.18 Å². The third kappa shape index (κ3) is 3.85. The van der Waals surface area contributed by atoms with E-state index in [2.05, 4.69) is 0 Å². The average Bonchev–Trinajstić information content (AvgIpc) is 3.16.